The van der Waals surface area contributed by atoms with Gasteiger partial charge >= 0.3 is 0 Å². The molecule has 0 radical (unpaired) electrons. The summed E-state index contributed by atoms with van der Waals surface area (Å²) in [5, 5.41) is 0. The van der Waals surface area contributed by atoms with E-state index in [1.54, 1.807) is 7.11 Å². The van der Waals surface area contributed by atoms with E-state index in [1.165, 1.54) is 19.4 Å². The van der Waals surface area contributed by atoms with Crippen molar-refractivity contribution < 1.29 is 4.74 Å². The highest BCUT2D eigenvalue weighted by Crippen LogP contribution is 2.29. The van der Waals surface area contributed by atoms with Crippen LogP contribution in [0.4, 0.5) is 0 Å². The summed E-state index contributed by atoms with van der Waals surface area (Å²) in [6.07, 6.45) is 2.62. The number of hydrogen-bond donors (Lipinski definition) is 0. The molecule has 2 nitrogen and oxygen atoms in total. The average Bonchev–Trinajstić information content (AvgIpc) is 2.36. The Bertz CT molecular complexity index is 150. The highest BCUT2D eigenvalue weighted by atomic mass is 127. The Hall–Kier alpha value is 0.650. The molecule has 1 fully saturated rings. The highest BCUT2D eigenvalue weighted by molar-refractivity contribution is 14.1. The topological polar surface area (TPSA) is 12.5 Å². The maximum Gasteiger partial charge on any atom is 0.0622 e. The van der Waals surface area contributed by atoms with Crippen molar-refractivity contribution in [2.24, 2.45) is 5.92 Å². The van der Waals surface area contributed by atoms with Crippen molar-refractivity contribution in [2.45, 2.75) is 36.8 Å². The van der Waals surface area contributed by atoms with Crippen LogP contribution in [0.5, 0.6) is 0 Å². The standard InChI is InChI=1S/C10H20INO/c1-8(2)6-12-9(7-13-3)4-5-10(12)11/h8-10H,4-7H2,1-3H3. The van der Waals surface area contributed by atoms with E-state index >= 15 is 0 Å². The number of hydrogen-bond acceptors (Lipinski definition) is 2. The molecule has 1 saturated heterocycles. The van der Waals surface area contributed by atoms with Gasteiger partial charge in [0, 0.05) is 19.7 Å². The van der Waals surface area contributed by atoms with Gasteiger partial charge in [-0.25, -0.2) is 0 Å². The number of likely N-dealkylation sites (tertiary alicyclic amines) is 1. The molecule has 3 heteroatoms. The Labute approximate surface area is 95.2 Å². The van der Waals surface area contributed by atoms with Gasteiger partial charge in [-0.15, -0.1) is 0 Å². The molecular weight excluding hydrogens is 277 g/mol. The van der Waals surface area contributed by atoms with Crippen molar-refractivity contribution in [2.75, 3.05) is 20.3 Å². The molecule has 2 atom stereocenters. The minimum absolute atomic E-state index is 0.661. The molecule has 1 heterocycles. The zero-order valence-corrected chi connectivity index (χ0v) is 11.0. The van der Waals surface area contributed by atoms with Crippen LogP contribution in [0.1, 0.15) is 26.7 Å². The predicted molar refractivity (Wildman–Crippen MR) is 64.3 cm³/mol. The fourth-order valence-electron chi connectivity index (χ4n) is 1.95. The van der Waals surface area contributed by atoms with E-state index in [4.69, 9.17) is 4.74 Å². The van der Waals surface area contributed by atoms with Gasteiger partial charge in [0.15, 0.2) is 0 Å². The summed E-state index contributed by atoms with van der Waals surface area (Å²) in [6, 6.07) is 0.661. The predicted octanol–water partition coefficient (Wildman–Crippen LogP) is 2.51. The largest absolute Gasteiger partial charge is 0.383 e. The molecule has 0 aromatic carbocycles. The number of ether oxygens (including phenoxy) is 1. The van der Waals surface area contributed by atoms with E-state index in [2.05, 4.69) is 41.3 Å². The van der Waals surface area contributed by atoms with E-state index in [0.717, 1.165) is 16.6 Å². The third kappa shape index (κ3) is 3.36. The summed E-state index contributed by atoms with van der Waals surface area (Å²) in [6.45, 7) is 6.67. The van der Waals surface area contributed by atoms with Gasteiger partial charge in [0.25, 0.3) is 0 Å². The summed E-state index contributed by atoms with van der Waals surface area (Å²) < 4.78 is 5.96. The smallest absolute Gasteiger partial charge is 0.0622 e. The van der Waals surface area contributed by atoms with Crippen molar-refractivity contribution in [3.63, 3.8) is 0 Å². The Morgan fingerprint density at radius 1 is 1.46 bits per heavy atom. The number of methoxy groups -OCH3 is 1. The number of rotatable bonds is 4. The Kier molecular flexibility index (Phi) is 4.97. The molecule has 2 unspecified atom stereocenters. The quantitative estimate of drug-likeness (QED) is 0.449. The van der Waals surface area contributed by atoms with Crippen molar-refractivity contribution >= 4 is 22.6 Å². The Morgan fingerprint density at radius 2 is 2.15 bits per heavy atom. The molecule has 0 amide bonds. The molecule has 1 aliphatic heterocycles. The lowest BCUT2D eigenvalue weighted by molar-refractivity contribution is 0.106. The average molecular weight is 297 g/mol. The van der Waals surface area contributed by atoms with Crippen molar-refractivity contribution in [3.05, 3.63) is 0 Å². The molecule has 78 valence electrons. The van der Waals surface area contributed by atoms with E-state index in [-0.39, 0.29) is 0 Å². The van der Waals surface area contributed by atoms with Crippen LogP contribution in [0, 0.1) is 5.92 Å². The van der Waals surface area contributed by atoms with Crippen LogP contribution >= 0.6 is 22.6 Å². The van der Waals surface area contributed by atoms with Crippen molar-refractivity contribution in [1.82, 2.24) is 4.90 Å². The molecule has 0 N–H and O–H groups in total. The molecule has 0 aromatic rings. The fraction of sp³-hybridized carbons (Fsp3) is 1.00. The summed E-state index contributed by atoms with van der Waals surface area (Å²) in [5.74, 6) is 0.759. The van der Waals surface area contributed by atoms with Crippen LogP contribution in [0.25, 0.3) is 0 Å². The zero-order valence-electron chi connectivity index (χ0n) is 8.79. The summed E-state index contributed by atoms with van der Waals surface area (Å²) in [5.41, 5.74) is 0. The second-order valence-corrected chi connectivity index (χ2v) is 5.65. The first-order valence-corrected chi connectivity index (χ1v) is 6.28. The van der Waals surface area contributed by atoms with Gasteiger partial charge < -0.3 is 4.74 Å². The molecule has 0 aromatic heterocycles. The second-order valence-electron chi connectivity index (χ2n) is 4.21. The first-order valence-electron chi connectivity index (χ1n) is 5.04. The maximum absolute atomic E-state index is 5.24. The van der Waals surface area contributed by atoms with E-state index < -0.39 is 0 Å². The lowest BCUT2D eigenvalue weighted by Crippen LogP contribution is -2.38. The molecule has 1 aliphatic rings. The molecule has 0 spiro atoms. The highest BCUT2D eigenvalue weighted by Gasteiger charge is 2.31. The van der Waals surface area contributed by atoms with Gasteiger partial charge in [-0.05, 0) is 18.8 Å². The van der Waals surface area contributed by atoms with Gasteiger partial charge in [-0.2, -0.15) is 0 Å². The third-order valence-corrected chi connectivity index (χ3v) is 3.84. The van der Waals surface area contributed by atoms with Gasteiger partial charge in [-0.3, -0.25) is 4.90 Å². The molecule has 13 heavy (non-hydrogen) atoms. The minimum atomic E-state index is 0.661. The zero-order chi connectivity index (χ0) is 9.84. The van der Waals surface area contributed by atoms with Gasteiger partial charge in [0.1, 0.15) is 0 Å². The van der Waals surface area contributed by atoms with E-state index in [9.17, 15) is 0 Å². The molecule has 1 rings (SSSR count). The summed E-state index contributed by atoms with van der Waals surface area (Å²) in [7, 11) is 1.80. The van der Waals surface area contributed by atoms with Crippen LogP contribution in [0.2, 0.25) is 0 Å². The lowest BCUT2D eigenvalue weighted by atomic mass is 10.2. The first kappa shape index (κ1) is 11.7. The van der Waals surface area contributed by atoms with Crippen LogP contribution in [-0.2, 0) is 4.74 Å². The van der Waals surface area contributed by atoms with E-state index in [0.29, 0.717) is 6.04 Å². The number of halogens is 1. The summed E-state index contributed by atoms with van der Waals surface area (Å²) in [4.78, 5) is 2.59. The van der Waals surface area contributed by atoms with Crippen LogP contribution < -0.4 is 0 Å². The minimum Gasteiger partial charge on any atom is -0.383 e. The lowest BCUT2D eigenvalue weighted by Gasteiger charge is -2.28. The second kappa shape index (κ2) is 5.51. The van der Waals surface area contributed by atoms with Gasteiger partial charge in [-0.1, -0.05) is 36.4 Å². The van der Waals surface area contributed by atoms with Crippen molar-refractivity contribution in [1.29, 1.82) is 0 Å². The molecule has 0 saturated carbocycles. The normalized spacial score (nSPS) is 30.2. The van der Waals surface area contributed by atoms with Gasteiger partial charge in [0.2, 0.25) is 0 Å². The molecule has 0 bridgehead atoms. The monoisotopic (exact) mass is 297 g/mol. The van der Waals surface area contributed by atoms with Crippen LogP contribution in [-0.4, -0.2) is 35.3 Å². The van der Waals surface area contributed by atoms with Gasteiger partial charge in [0.05, 0.1) is 10.7 Å². The summed E-state index contributed by atoms with van der Waals surface area (Å²) >= 11 is 2.55. The Balaban J connectivity index is 2.44. The third-order valence-electron chi connectivity index (χ3n) is 2.50. The Morgan fingerprint density at radius 3 is 2.69 bits per heavy atom. The van der Waals surface area contributed by atoms with E-state index in [1.807, 2.05) is 0 Å². The van der Waals surface area contributed by atoms with Crippen LogP contribution in [0.3, 0.4) is 0 Å². The fourth-order valence-corrected chi connectivity index (χ4v) is 2.99. The molecular formula is C10H20INO. The first-order chi connectivity index (χ1) is 6.15. The molecule has 0 aliphatic carbocycles. The number of alkyl halides is 1. The van der Waals surface area contributed by atoms with Crippen LogP contribution in [0.15, 0.2) is 0 Å². The number of nitrogens with zero attached hydrogens (tertiary/aromatic N) is 1. The van der Waals surface area contributed by atoms with Crippen molar-refractivity contribution in [3.8, 4) is 0 Å². The SMILES string of the molecule is COCC1CCC(I)N1CC(C)C. The maximum atomic E-state index is 5.24.